The van der Waals surface area contributed by atoms with Crippen molar-refractivity contribution < 1.29 is 13.2 Å². The number of aromatic nitrogens is 2. The summed E-state index contributed by atoms with van der Waals surface area (Å²) in [5.74, 6) is 1.23. The van der Waals surface area contributed by atoms with E-state index < -0.39 is 9.84 Å². The first kappa shape index (κ1) is 18.6. The van der Waals surface area contributed by atoms with Gasteiger partial charge in [0, 0.05) is 31.7 Å². The summed E-state index contributed by atoms with van der Waals surface area (Å²) in [6.07, 6.45) is 0.495. The lowest BCUT2D eigenvalue weighted by Gasteiger charge is -2.27. The normalized spacial score (nSPS) is 19.2. The SMILES string of the molecule is CCN(CC)c1cc(C(=O)N(CC)C2CCS(=O)(=O)C2)nc(C)n1. The number of carbonyl (C=O) groups is 1. The Hall–Kier alpha value is -1.70. The smallest absolute Gasteiger partial charge is 0.272 e. The van der Waals surface area contributed by atoms with Gasteiger partial charge in [-0.05, 0) is 34.1 Å². The first-order valence-electron chi connectivity index (χ1n) is 8.43. The Balaban J connectivity index is 2.30. The molecule has 0 spiro atoms. The van der Waals surface area contributed by atoms with E-state index in [0.29, 0.717) is 24.5 Å². The van der Waals surface area contributed by atoms with Gasteiger partial charge in [-0.1, -0.05) is 0 Å². The standard InChI is InChI=1S/C16H26N4O3S/c1-5-19(6-2)15-10-14(17-12(4)18-15)16(21)20(7-3)13-8-9-24(22,23)11-13/h10,13H,5-9,11H2,1-4H3. The van der Waals surface area contributed by atoms with E-state index in [1.807, 2.05) is 20.8 Å². The third-order valence-corrected chi connectivity index (χ3v) is 6.13. The van der Waals surface area contributed by atoms with Gasteiger partial charge in [0.1, 0.15) is 17.3 Å². The minimum atomic E-state index is -3.04. The van der Waals surface area contributed by atoms with Gasteiger partial charge in [0.15, 0.2) is 9.84 Å². The van der Waals surface area contributed by atoms with Gasteiger partial charge in [0.2, 0.25) is 0 Å². The first-order chi connectivity index (χ1) is 11.3. The molecule has 2 rings (SSSR count). The minimum absolute atomic E-state index is 0.0412. The van der Waals surface area contributed by atoms with E-state index in [2.05, 4.69) is 14.9 Å². The largest absolute Gasteiger partial charge is 0.357 e. The molecule has 0 bridgehead atoms. The van der Waals surface area contributed by atoms with E-state index in [4.69, 9.17) is 0 Å². The van der Waals surface area contributed by atoms with Crippen LogP contribution in [0.25, 0.3) is 0 Å². The van der Waals surface area contributed by atoms with E-state index >= 15 is 0 Å². The highest BCUT2D eigenvalue weighted by Crippen LogP contribution is 2.21. The van der Waals surface area contributed by atoms with Gasteiger partial charge in [-0.25, -0.2) is 18.4 Å². The molecule has 7 nitrogen and oxygen atoms in total. The average molecular weight is 354 g/mol. The Labute approximate surface area is 144 Å². The molecule has 1 saturated heterocycles. The second-order valence-corrected chi connectivity index (χ2v) is 8.21. The number of aryl methyl sites for hydroxylation is 1. The van der Waals surface area contributed by atoms with Crippen molar-refractivity contribution in [3.8, 4) is 0 Å². The van der Waals surface area contributed by atoms with Crippen LogP contribution in [0, 0.1) is 6.92 Å². The summed E-state index contributed by atoms with van der Waals surface area (Å²) in [7, 11) is -3.04. The fraction of sp³-hybridized carbons (Fsp3) is 0.688. The average Bonchev–Trinajstić information content (AvgIpc) is 2.88. The highest BCUT2D eigenvalue weighted by Gasteiger charge is 2.34. The molecule has 1 amide bonds. The van der Waals surface area contributed by atoms with Gasteiger partial charge in [-0.3, -0.25) is 4.79 Å². The molecular formula is C16H26N4O3S. The van der Waals surface area contributed by atoms with E-state index in [9.17, 15) is 13.2 Å². The number of nitrogens with zero attached hydrogens (tertiary/aromatic N) is 4. The lowest BCUT2D eigenvalue weighted by Crippen LogP contribution is -2.41. The molecule has 2 heterocycles. The molecule has 8 heteroatoms. The van der Waals surface area contributed by atoms with Crippen LogP contribution in [-0.2, 0) is 9.84 Å². The summed E-state index contributed by atoms with van der Waals surface area (Å²) in [4.78, 5) is 25.3. The third-order valence-electron chi connectivity index (χ3n) is 4.38. The monoisotopic (exact) mass is 354 g/mol. The van der Waals surface area contributed by atoms with Crippen molar-refractivity contribution in [2.24, 2.45) is 0 Å². The van der Waals surface area contributed by atoms with E-state index in [-0.39, 0.29) is 23.5 Å². The van der Waals surface area contributed by atoms with Gasteiger partial charge < -0.3 is 9.80 Å². The molecule has 1 aromatic rings. The maximum absolute atomic E-state index is 12.9. The fourth-order valence-corrected chi connectivity index (χ4v) is 4.84. The molecule has 24 heavy (non-hydrogen) atoms. The number of amides is 1. The zero-order valence-electron chi connectivity index (χ0n) is 14.8. The summed E-state index contributed by atoms with van der Waals surface area (Å²) >= 11 is 0. The number of carbonyl (C=O) groups excluding carboxylic acids is 1. The molecule has 1 unspecified atom stereocenters. The van der Waals surface area contributed by atoms with Crippen molar-refractivity contribution in [1.82, 2.24) is 14.9 Å². The van der Waals surface area contributed by atoms with Crippen LogP contribution in [-0.4, -0.2) is 66.4 Å². The quantitative estimate of drug-likeness (QED) is 0.765. The van der Waals surface area contributed by atoms with Crippen molar-refractivity contribution in [3.63, 3.8) is 0 Å². The third kappa shape index (κ3) is 4.03. The molecule has 1 aliphatic rings. The van der Waals surface area contributed by atoms with Gasteiger partial charge in [0.25, 0.3) is 5.91 Å². The Kier molecular flexibility index (Phi) is 5.79. The Morgan fingerprint density at radius 2 is 1.88 bits per heavy atom. The molecular weight excluding hydrogens is 328 g/mol. The molecule has 0 saturated carbocycles. The number of hydrogen-bond donors (Lipinski definition) is 0. The van der Waals surface area contributed by atoms with Crippen LogP contribution < -0.4 is 4.90 Å². The lowest BCUT2D eigenvalue weighted by atomic mass is 10.2. The second-order valence-electron chi connectivity index (χ2n) is 5.98. The van der Waals surface area contributed by atoms with Crippen molar-refractivity contribution in [2.75, 3.05) is 36.0 Å². The van der Waals surface area contributed by atoms with Crippen molar-refractivity contribution >= 4 is 21.6 Å². The molecule has 0 aliphatic carbocycles. The first-order valence-corrected chi connectivity index (χ1v) is 10.2. The van der Waals surface area contributed by atoms with Crippen molar-refractivity contribution in [3.05, 3.63) is 17.6 Å². The van der Waals surface area contributed by atoms with Crippen LogP contribution in [0.4, 0.5) is 5.82 Å². The highest BCUT2D eigenvalue weighted by atomic mass is 32.2. The van der Waals surface area contributed by atoms with Gasteiger partial charge in [0.05, 0.1) is 11.5 Å². The zero-order chi connectivity index (χ0) is 17.9. The summed E-state index contributed by atoms with van der Waals surface area (Å²) in [5, 5.41) is 0. The van der Waals surface area contributed by atoms with Crippen LogP contribution in [0.15, 0.2) is 6.07 Å². The van der Waals surface area contributed by atoms with E-state index in [1.165, 1.54) is 0 Å². The maximum Gasteiger partial charge on any atom is 0.272 e. The van der Waals surface area contributed by atoms with Crippen LogP contribution in [0.2, 0.25) is 0 Å². The van der Waals surface area contributed by atoms with Gasteiger partial charge >= 0.3 is 0 Å². The predicted molar refractivity (Wildman–Crippen MR) is 94.1 cm³/mol. The van der Waals surface area contributed by atoms with Gasteiger partial charge in [-0.15, -0.1) is 0 Å². The van der Waals surface area contributed by atoms with Crippen LogP contribution >= 0.6 is 0 Å². The number of hydrogen-bond acceptors (Lipinski definition) is 6. The number of rotatable bonds is 6. The second kappa shape index (κ2) is 7.46. The van der Waals surface area contributed by atoms with Gasteiger partial charge in [-0.2, -0.15) is 0 Å². The summed E-state index contributed by atoms with van der Waals surface area (Å²) in [6, 6.07) is 1.44. The fourth-order valence-electron chi connectivity index (χ4n) is 3.11. The van der Waals surface area contributed by atoms with Crippen molar-refractivity contribution in [1.29, 1.82) is 0 Å². The summed E-state index contributed by atoms with van der Waals surface area (Å²) in [6.45, 7) is 9.73. The topological polar surface area (TPSA) is 83.5 Å². The lowest BCUT2D eigenvalue weighted by molar-refractivity contribution is 0.0702. The number of sulfone groups is 1. The molecule has 1 atom stereocenters. The predicted octanol–water partition coefficient (Wildman–Crippen LogP) is 1.28. The molecule has 1 fully saturated rings. The summed E-state index contributed by atoms with van der Waals surface area (Å²) < 4.78 is 23.5. The molecule has 134 valence electrons. The molecule has 0 radical (unpaired) electrons. The van der Waals surface area contributed by atoms with E-state index in [1.54, 1.807) is 17.9 Å². The molecule has 0 aromatic carbocycles. The molecule has 0 N–H and O–H groups in total. The number of anilines is 1. The summed E-state index contributed by atoms with van der Waals surface area (Å²) in [5.41, 5.74) is 0.329. The van der Waals surface area contributed by atoms with E-state index in [0.717, 1.165) is 18.9 Å². The van der Waals surface area contributed by atoms with Crippen molar-refractivity contribution in [2.45, 2.75) is 40.2 Å². The molecule has 1 aliphatic heterocycles. The molecule has 1 aromatic heterocycles. The zero-order valence-corrected chi connectivity index (χ0v) is 15.6. The van der Waals surface area contributed by atoms with Crippen LogP contribution in [0.1, 0.15) is 43.5 Å². The Morgan fingerprint density at radius 3 is 2.38 bits per heavy atom. The van der Waals surface area contributed by atoms with Crippen LogP contribution in [0.5, 0.6) is 0 Å². The van der Waals surface area contributed by atoms with Crippen LogP contribution in [0.3, 0.4) is 0 Å². The maximum atomic E-state index is 12.9. The highest BCUT2D eigenvalue weighted by molar-refractivity contribution is 7.91. The Morgan fingerprint density at radius 1 is 1.21 bits per heavy atom. The minimum Gasteiger partial charge on any atom is -0.357 e. The Bertz CT molecular complexity index is 701.